The largest absolute Gasteiger partial charge is 0.395 e. The van der Waals surface area contributed by atoms with Gasteiger partial charge in [0.25, 0.3) is 5.56 Å². The second kappa shape index (κ2) is 5.75. The fourth-order valence-electron chi connectivity index (χ4n) is 1.88. The van der Waals surface area contributed by atoms with Crippen molar-refractivity contribution in [3.05, 3.63) is 27.1 Å². The van der Waals surface area contributed by atoms with E-state index in [0.717, 1.165) is 12.8 Å². The number of rotatable bonds is 4. The van der Waals surface area contributed by atoms with Crippen LogP contribution < -0.4 is 10.9 Å². The van der Waals surface area contributed by atoms with E-state index >= 15 is 0 Å². The molecule has 2 amide bonds. The SMILES string of the molecule is Cn1cc(NC(=O)N(CCO)C2CC2)cc(Br)c1=O. The lowest BCUT2D eigenvalue weighted by atomic mass is 10.4. The maximum atomic E-state index is 12.1. The highest BCUT2D eigenvalue weighted by Crippen LogP contribution is 2.27. The lowest BCUT2D eigenvalue weighted by Gasteiger charge is -2.21. The number of nitrogens with one attached hydrogen (secondary N) is 1. The minimum atomic E-state index is -0.248. The van der Waals surface area contributed by atoms with Crippen LogP contribution in [0.1, 0.15) is 12.8 Å². The van der Waals surface area contributed by atoms with Crippen LogP contribution in [0.4, 0.5) is 10.5 Å². The molecule has 2 rings (SSSR count). The van der Waals surface area contributed by atoms with Crippen molar-refractivity contribution >= 4 is 27.6 Å². The van der Waals surface area contributed by atoms with E-state index in [0.29, 0.717) is 16.7 Å². The number of nitrogens with zero attached hydrogens (tertiary/aromatic N) is 2. The molecule has 2 N–H and O–H groups in total. The van der Waals surface area contributed by atoms with Crippen LogP contribution in [-0.2, 0) is 7.05 Å². The molecule has 19 heavy (non-hydrogen) atoms. The molecule has 0 radical (unpaired) electrons. The van der Waals surface area contributed by atoms with Gasteiger partial charge in [-0.1, -0.05) is 0 Å². The first kappa shape index (κ1) is 14.1. The minimum absolute atomic E-state index is 0.0547. The number of aromatic nitrogens is 1. The number of urea groups is 1. The molecule has 0 unspecified atom stereocenters. The van der Waals surface area contributed by atoms with Crippen molar-refractivity contribution in [2.24, 2.45) is 7.05 Å². The molecule has 6 nitrogen and oxygen atoms in total. The monoisotopic (exact) mass is 329 g/mol. The topological polar surface area (TPSA) is 74.6 Å². The van der Waals surface area contributed by atoms with Gasteiger partial charge in [-0.15, -0.1) is 0 Å². The summed E-state index contributed by atoms with van der Waals surface area (Å²) >= 11 is 3.16. The molecule has 7 heteroatoms. The lowest BCUT2D eigenvalue weighted by molar-refractivity contribution is 0.185. The van der Waals surface area contributed by atoms with Crippen LogP contribution in [-0.4, -0.2) is 39.8 Å². The predicted octanol–water partition coefficient (Wildman–Crippen LogP) is 1.14. The number of halogens is 1. The smallest absolute Gasteiger partial charge is 0.322 e. The number of aliphatic hydroxyl groups is 1. The van der Waals surface area contributed by atoms with E-state index in [9.17, 15) is 9.59 Å². The second-order valence-corrected chi connectivity index (χ2v) is 5.43. The molecule has 1 saturated carbocycles. The van der Waals surface area contributed by atoms with Crippen LogP contribution in [0, 0.1) is 0 Å². The van der Waals surface area contributed by atoms with Gasteiger partial charge in [-0.25, -0.2) is 4.79 Å². The molecule has 0 bridgehead atoms. The van der Waals surface area contributed by atoms with Crippen molar-refractivity contribution in [3.8, 4) is 0 Å². The van der Waals surface area contributed by atoms with Gasteiger partial charge in [0.2, 0.25) is 0 Å². The van der Waals surface area contributed by atoms with Gasteiger partial charge in [0.1, 0.15) is 0 Å². The van der Waals surface area contributed by atoms with Crippen molar-refractivity contribution in [1.29, 1.82) is 0 Å². The summed E-state index contributed by atoms with van der Waals surface area (Å²) in [4.78, 5) is 25.2. The van der Waals surface area contributed by atoms with E-state index in [1.807, 2.05) is 0 Å². The third kappa shape index (κ3) is 3.36. The Morgan fingerprint density at radius 1 is 1.63 bits per heavy atom. The van der Waals surface area contributed by atoms with Crippen molar-refractivity contribution in [3.63, 3.8) is 0 Å². The van der Waals surface area contributed by atoms with Crippen LogP contribution in [0.2, 0.25) is 0 Å². The fourth-order valence-corrected chi connectivity index (χ4v) is 2.41. The lowest BCUT2D eigenvalue weighted by Crippen LogP contribution is -2.39. The van der Waals surface area contributed by atoms with E-state index < -0.39 is 0 Å². The Hall–Kier alpha value is -1.34. The molecular formula is C12H16BrN3O3. The molecule has 0 spiro atoms. The molecule has 104 valence electrons. The van der Waals surface area contributed by atoms with Gasteiger partial charge >= 0.3 is 6.03 Å². The average Bonchev–Trinajstić information content (AvgIpc) is 3.17. The van der Waals surface area contributed by atoms with E-state index in [1.165, 1.54) is 4.57 Å². The van der Waals surface area contributed by atoms with Crippen molar-refractivity contribution in [1.82, 2.24) is 9.47 Å². The number of carbonyl (C=O) groups excluding carboxylic acids is 1. The van der Waals surface area contributed by atoms with Crippen LogP contribution in [0.5, 0.6) is 0 Å². The highest BCUT2D eigenvalue weighted by Gasteiger charge is 2.32. The average molecular weight is 330 g/mol. The van der Waals surface area contributed by atoms with E-state index in [4.69, 9.17) is 5.11 Å². The molecule has 1 fully saturated rings. The van der Waals surface area contributed by atoms with E-state index in [1.54, 1.807) is 24.2 Å². The summed E-state index contributed by atoms with van der Waals surface area (Å²) in [5.74, 6) is 0. The van der Waals surface area contributed by atoms with Gasteiger partial charge < -0.3 is 19.9 Å². The van der Waals surface area contributed by atoms with E-state index in [-0.39, 0.29) is 24.2 Å². The minimum Gasteiger partial charge on any atom is -0.395 e. The number of hydrogen-bond donors (Lipinski definition) is 2. The van der Waals surface area contributed by atoms with Crippen LogP contribution >= 0.6 is 15.9 Å². The first-order valence-electron chi connectivity index (χ1n) is 6.07. The number of hydrogen-bond acceptors (Lipinski definition) is 3. The normalized spacial score (nSPS) is 14.3. The Kier molecular flexibility index (Phi) is 4.26. The second-order valence-electron chi connectivity index (χ2n) is 4.57. The zero-order chi connectivity index (χ0) is 14.0. The number of amides is 2. The molecule has 0 aromatic carbocycles. The van der Waals surface area contributed by atoms with Gasteiger partial charge in [0.15, 0.2) is 0 Å². The molecule has 1 aromatic heterocycles. The zero-order valence-corrected chi connectivity index (χ0v) is 12.2. The van der Waals surface area contributed by atoms with Gasteiger partial charge in [0, 0.05) is 25.8 Å². The summed E-state index contributed by atoms with van der Waals surface area (Å²) < 4.78 is 1.79. The summed E-state index contributed by atoms with van der Waals surface area (Å²) in [5.41, 5.74) is 0.384. The van der Waals surface area contributed by atoms with Crippen LogP contribution in [0.15, 0.2) is 21.5 Å². The summed E-state index contributed by atoms with van der Waals surface area (Å²) in [6.07, 6.45) is 3.52. The van der Waals surface area contributed by atoms with Gasteiger partial charge in [-0.3, -0.25) is 4.79 Å². The molecular weight excluding hydrogens is 314 g/mol. The molecule has 0 saturated heterocycles. The number of aryl methyl sites for hydroxylation is 1. The van der Waals surface area contributed by atoms with Crippen LogP contribution in [0.25, 0.3) is 0 Å². The Balaban J connectivity index is 2.11. The molecule has 1 aliphatic carbocycles. The Morgan fingerprint density at radius 3 is 2.84 bits per heavy atom. The first-order valence-corrected chi connectivity index (χ1v) is 6.87. The summed E-state index contributed by atoms with van der Waals surface area (Å²) in [7, 11) is 1.62. The summed E-state index contributed by atoms with van der Waals surface area (Å²) in [6, 6.07) is 1.55. The molecule has 1 aromatic rings. The predicted molar refractivity (Wildman–Crippen MR) is 75.2 cm³/mol. The number of aliphatic hydroxyl groups excluding tert-OH is 1. The Labute approximate surface area is 119 Å². The van der Waals surface area contributed by atoms with Gasteiger partial charge in [-0.2, -0.15) is 0 Å². The maximum absolute atomic E-state index is 12.1. The Bertz CT molecular complexity index is 513. The third-order valence-electron chi connectivity index (χ3n) is 2.98. The fraction of sp³-hybridized carbons (Fsp3) is 0.500. The highest BCUT2D eigenvalue weighted by atomic mass is 79.9. The molecule has 1 aliphatic rings. The van der Waals surface area contributed by atoms with Crippen LogP contribution in [0.3, 0.4) is 0 Å². The quantitative estimate of drug-likeness (QED) is 0.869. The molecule has 1 heterocycles. The van der Waals surface area contributed by atoms with Crippen molar-refractivity contribution in [2.45, 2.75) is 18.9 Å². The van der Waals surface area contributed by atoms with Gasteiger partial charge in [-0.05, 0) is 34.8 Å². The number of anilines is 1. The summed E-state index contributed by atoms with van der Waals surface area (Å²) in [6.45, 7) is 0.268. The van der Waals surface area contributed by atoms with Gasteiger partial charge in [0.05, 0.1) is 16.8 Å². The zero-order valence-electron chi connectivity index (χ0n) is 10.6. The van der Waals surface area contributed by atoms with E-state index in [2.05, 4.69) is 21.2 Å². The third-order valence-corrected chi connectivity index (χ3v) is 3.55. The number of carbonyl (C=O) groups is 1. The summed E-state index contributed by atoms with van der Waals surface area (Å²) in [5, 5.41) is 11.7. The molecule has 0 aliphatic heterocycles. The first-order chi connectivity index (χ1) is 9.02. The standard InChI is InChI=1S/C12H16BrN3O3/c1-15-7-8(6-10(13)11(15)18)14-12(19)16(4-5-17)9-2-3-9/h6-7,9,17H,2-5H2,1H3,(H,14,19). The highest BCUT2D eigenvalue weighted by molar-refractivity contribution is 9.10. The molecule has 0 atom stereocenters. The Morgan fingerprint density at radius 2 is 2.32 bits per heavy atom. The van der Waals surface area contributed by atoms with Crippen molar-refractivity contribution in [2.75, 3.05) is 18.5 Å². The number of pyridine rings is 1. The maximum Gasteiger partial charge on any atom is 0.322 e. The van der Waals surface area contributed by atoms with Crippen molar-refractivity contribution < 1.29 is 9.90 Å².